The molecule has 0 fully saturated rings. The van der Waals surface area contributed by atoms with E-state index in [9.17, 15) is 14.0 Å². The van der Waals surface area contributed by atoms with Crippen LogP contribution in [-0.2, 0) is 9.53 Å². The predicted octanol–water partition coefficient (Wildman–Crippen LogP) is 4.24. The van der Waals surface area contributed by atoms with Crippen LogP contribution in [0.15, 0.2) is 53.1 Å². The summed E-state index contributed by atoms with van der Waals surface area (Å²) in [6, 6.07) is 12.4. The Morgan fingerprint density at radius 1 is 1.19 bits per heavy atom. The number of anilines is 1. The number of aromatic nitrogens is 1. The number of benzene rings is 2. The fraction of sp³-hybridized carbons (Fsp3) is 0.105. The summed E-state index contributed by atoms with van der Waals surface area (Å²) in [6.45, 7) is 1.41. The van der Waals surface area contributed by atoms with E-state index in [-0.39, 0.29) is 16.5 Å². The molecule has 3 aromatic rings. The maximum Gasteiger partial charge on any atom is 0.340 e. The zero-order valence-corrected chi connectivity index (χ0v) is 14.9. The van der Waals surface area contributed by atoms with Crippen LogP contribution in [0.1, 0.15) is 15.9 Å². The third kappa shape index (κ3) is 4.71. The minimum atomic E-state index is -0.840. The molecule has 27 heavy (non-hydrogen) atoms. The minimum Gasteiger partial charge on any atom is -0.452 e. The average Bonchev–Trinajstić information content (AvgIpc) is 3.08. The number of carbonyl (C=O) groups is 2. The summed E-state index contributed by atoms with van der Waals surface area (Å²) in [5.41, 5.74) is 2.47. The van der Waals surface area contributed by atoms with Gasteiger partial charge in [-0.1, -0.05) is 46.6 Å². The van der Waals surface area contributed by atoms with Crippen molar-refractivity contribution in [3.8, 4) is 11.3 Å². The van der Waals surface area contributed by atoms with E-state index in [1.165, 1.54) is 6.07 Å². The van der Waals surface area contributed by atoms with Gasteiger partial charge in [0, 0.05) is 11.6 Å². The molecule has 0 aliphatic carbocycles. The Hall–Kier alpha value is -3.19. The smallest absolute Gasteiger partial charge is 0.340 e. The molecule has 0 atom stereocenters. The molecular formula is C19H14ClFN2O4. The van der Waals surface area contributed by atoms with Gasteiger partial charge < -0.3 is 9.26 Å². The van der Waals surface area contributed by atoms with E-state index >= 15 is 0 Å². The number of hydrogen-bond acceptors (Lipinski definition) is 5. The van der Waals surface area contributed by atoms with Crippen molar-refractivity contribution in [2.75, 3.05) is 11.9 Å². The second-order valence-corrected chi connectivity index (χ2v) is 6.10. The van der Waals surface area contributed by atoms with Gasteiger partial charge in [-0.05, 0) is 25.1 Å². The maximum absolute atomic E-state index is 13.0. The van der Waals surface area contributed by atoms with Gasteiger partial charge in [-0.2, -0.15) is 0 Å². The van der Waals surface area contributed by atoms with Crippen LogP contribution in [0.5, 0.6) is 0 Å². The van der Waals surface area contributed by atoms with Crippen LogP contribution in [0.2, 0.25) is 5.02 Å². The molecule has 1 N–H and O–H groups in total. The van der Waals surface area contributed by atoms with E-state index in [1.54, 1.807) is 6.07 Å². The summed E-state index contributed by atoms with van der Waals surface area (Å²) in [5, 5.41) is 6.22. The van der Waals surface area contributed by atoms with Crippen LogP contribution < -0.4 is 5.32 Å². The Bertz CT molecular complexity index is 986. The zero-order chi connectivity index (χ0) is 19.4. The molecule has 0 bridgehead atoms. The number of nitrogens with zero attached hydrogens (tertiary/aromatic N) is 1. The summed E-state index contributed by atoms with van der Waals surface area (Å²) < 4.78 is 22.9. The van der Waals surface area contributed by atoms with Crippen molar-refractivity contribution >= 4 is 29.4 Å². The second-order valence-electron chi connectivity index (χ2n) is 5.69. The first kappa shape index (κ1) is 18.6. The van der Waals surface area contributed by atoms with Gasteiger partial charge in [0.25, 0.3) is 5.91 Å². The SMILES string of the molecule is Cc1ccc(-c2cc(NC(=O)COC(=O)c3ccc(F)cc3Cl)on2)cc1. The fourth-order valence-corrected chi connectivity index (χ4v) is 2.48. The largest absolute Gasteiger partial charge is 0.452 e. The Labute approximate surface area is 158 Å². The molecule has 6 nitrogen and oxygen atoms in total. The van der Waals surface area contributed by atoms with E-state index in [4.69, 9.17) is 20.9 Å². The summed E-state index contributed by atoms with van der Waals surface area (Å²) in [4.78, 5) is 23.8. The van der Waals surface area contributed by atoms with Crippen LogP contribution in [-0.4, -0.2) is 23.6 Å². The first-order chi connectivity index (χ1) is 12.9. The standard InChI is InChI=1S/C19H14ClFN2O4/c1-11-2-4-12(5-3-11)16-9-18(27-23-16)22-17(24)10-26-19(25)14-7-6-13(21)8-15(14)20/h2-9H,10H2,1H3,(H,22,24). The van der Waals surface area contributed by atoms with Gasteiger partial charge in [0.1, 0.15) is 11.5 Å². The number of hydrogen-bond donors (Lipinski definition) is 1. The van der Waals surface area contributed by atoms with Gasteiger partial charge >= 0.3 is 5.97 Å². The molecule has 3 rings (SSSR count). The Balaban J connectivity index is 1.56. The summed E-state index contributed by atoms with van der Waals surface area (Å²) in [5.74, 6) is -1.92. The normalized spacial score (nSPS) is 10.5. The number of rotatable bonds is 5. The summed E-state index contributed by atoms with van der Waals surface area (Å²) in [7, 11) is 0. The summed E-state index contributed by atoms with van der Waals surface area (Å²) in [6.07, 6.45) is 0. The molecule has 1 heterocycles. The molecule has 1 aromatic heterocycles. The number of nitrogens with one attached hydrogen (secondary N) is 1. The number of esters is 1. The molecule has 1 amide bonds. The zero-order valence-electron chi connectivity index (χ0n) is 14.2. The van der Waals surface area contributed by atoms with E-state index in [1.807, 2.05) is 31.2 Å². The number of aryl methyl sites for hydroxylation is 1. The van der Waals surface area contributed by atoms with Crippen molar-refractivity contribution in [2.24, 2.45) is 0 Å². The van der Waals surface area contributed by atoms with E-state index < -0.39 is 24.3 Å². The third-order valence-electron chi connectivity index (χ3n) is 3.61. The highest BCUT2D eigenvalue weighted by Gasteiger charge is 2.15. The molecule has 8 heteroatoms. The van der Waals surface area contributed by atoms with Gasteiger partial charge in [0.05, 0.1) is 10.6 Å². The van der Waals surface area contributed by atoms with Gasteiger partial charge in [-0.3, -0.25) is 10.1 Å². The van der Waals surface area contributed by atoms with Crippen molar-refractivity contribution in [3.05, 3.63) is 70.5 Å². The number of halogens is 2. The second kappa shape index (κ2) is 8.01. The lowest BCUT2D eigenvalue weighted by atomic mass is 10.1. The quantitative estimate of drug-likeness (QED) is 0.661. The first-order valence-corrected chi connectivity index (χ1v) is 8.26. The molecule has 0 saturated carbocycles. The van der Waals surface area contributed by atoms with Crippen LogP contribution in [0.4, 0.5) is 10.3 Å². The van der Waals surface area contributed by atoms with E-state index in [0.717, 1.165) is 23.3 Å². The fourth-order valence-electron chi connectivity index (χ4n) is 2.23. The lowest BCUT2D eigenvalue weighted by molar-refractivity contribution is -0.119. The monoisotopic (exact) mass is 388 g/mol. The van der Waals surface area contributed by atoms with Crippen molar-refractivity contribution < 1.29 is 23.2 Å². The molecule has 0 unspecified atom stereocenters. The van der Waals surface area contributed by atoms with Crippen LogP contribution in [0, 0.1) is 12.7 Å². The number of carbonyl (C=O) groups excluding carboxylic acids is 2. The molecule has 0 aliphatic rings. The number of amides is 1. The van der Waals surface area contributed by atoms with E-state index in [2.05, 4.69) is 10.5 Å². The van der Waals surface area contributed by atoms with Crippen molar-refractivity contribution in [1.82, 2.24) is 5.16 Å². The van der Waals surface area contributed by atoms with E-state index in [0.29, 0.717) is 5.69 Å². The molecule has 0 spiro atoms. The molecule has 138 valence electrons. The summed E-state index contributed by atoms with van der Waals surface area (Å²) >= 11 is 5.78. The average molecular weight is 389 g/mol. The Morgan fingerprint density at radius 3 is 2.63 bits per heavy atom. The van der Waals surface area contributed by atoms with Gasteiger partial charge in [-0.15, -0.1) is 0 Å². The van der Waals surface area contributed by atoms with Crippen LogP contribution >= 0.6 is 11.6 Å². The lowest BCUT2D eigenvalue weighted by Crippen LogP contribution is -2.20. The molecular weight excluding hydrogens is 375 g/mol. The van der Waals surface area contributed by atoms with Gasteiger partial charge in [-0.25, -0.2) is 9.18 Å². The molecule has 0 saturated heterocycles. The highest BCUT2D eigenvalue weighted by Crippen LogP contribution is 2.22. The molecule has 0 aliphatic heterocycles. The Morgan fingerprint density at radius 2 is 1.93 bits per heavy atom. The van der Waals surface area contributed by atoms with Crippen LogP contribution in [0.25, 0.3) is 11.3 Å². The highest BCUT2D eigenvalue weighted by molar-refractivity contribution is 6.33. The molecule has 0 radical (unpaired) electrons. The minimum absolute atomic E-state index is 0.0350. The van der Waals surface area contributed by atoms with Crippen molar-refractivity contribution in [2.45, 2.75) is 6.92 Å². The number of ether oxygens (including phenoxy) is 1. The Kier molecular flexibility index (Phi) is 5.52. The van der Waals surface area contributed by atoms with Gasteiger partial charge in [0.15, 0.2) is 6.61 Å². The predicted molar refractivity (Wildman–Crippen MR) is 97.0 cm³/mol. The lowest BCUT2D eigenvalue weighted by Gasteiger charge is -2.05. The first-order valence-electron chi connectivity index (χ1n) is 7.88. The third-order valence-corrected chi connectivity index (χ3v) is 3.92. The maximum atomic E-state index is 13.0. The van der Waals surface area contributed by atoms with Crippen LogP contribution in [0.3, 0.4) is 0 Å². The highest BCUT2D eigenvalue weighted by atomic mass is 35.5. The molecule has 2 aromatic carbocycles. The van der Waals surface area contributed by atoms with Crippen molar-refractivity contribution in [3.63, 3.8) is 0 Å². The van der Waals surface area contributed by atoms with Gasteiger partial charge in [0.2, 0.25) is 5.88 Å². The van der Waals surface area contributed by atoms with Crippen molar-refractivity contribution in [1.29, 1.82) is 0 Å². The topological polar surface area (TPSA) is 81.4 Å².